The molecule has 2 aromatic rings. The van der Waals surface area contributed by atoms with Gasteiger partial charge in [-0.3, -0.25) is 4.79 Å². The lowest BCUT2D eigenvalue weighted by Crippen LogP contribution is -2.53. The molecule has 1 N–H and O–H groups in total. The average Bonchev–Trinajstić information content (AvgIpc) is 2.90. The molecule has 28 heavy (non-hydrogen) atoms. The van der Waals surface area contributed by atoms with Crippen LogP contribution in [0.1, 0.15) is 53.7 Å². The molecule has 2 heterocycles. The van der Waals surface area contributed by atoms with E-state index in [1.165, 1.54) is 6.20 Å². The van der Waals surface area contributed by atoms with Gasteiger partial charge in [-0.15, -0.1) is 0 Å². The summed E-state index contributed by atoms with van der Waals surface area (Å²) in [4.78, 5) is 22.8. The molecule has 0 aliphatic heterocycles. The van der Waals surface area contributed by atoms with Gasteiger partial charge in [0.25, 0.3) is 5.91 Å². The highest BCUT2D eigenvalue weighted by Gasteiger charge is 2.62. The Morgan fingerprint density at radius 3 is 2.54 bits per heavy atom. The third-order valence-corrected chi connectivity index (χ3v) is 5.40. The topological polar surface area (TPSA) is 72.7 Å². The maximum atomic E-state index is 13.1. The van der Waals surface area contributed by atoms with Crippen molar-refractivity contribution in [3.8, 4) is 0 Å². The van der Waals surface area contributed by atoms with Crippen molar-refractivity contribution < 1.29 is 26.7 Å². The van der Waals surface area contributed by atoms with E-state index in [2.05, 4.69) is 20.3 Å². The van der Waals surface area contributed by atoms with Gasteiger partial charge < -0.3 is 9.88 Å². The number of nitrogens with one attached hydrogen (secondary N) is 1. The standard InChI is InChI=1S/C17H16F5N5O/c1-27-11(26-13(28)10-2-3-23-14(25-10)17(20,21)22)6-24-12(27)9-4-15(5-9)7-16(18,19)8-15/h2-3,6,9H,4-5,7-8H2,1H3,(H,26,28). The lowest BCUT2D eigenvalue weighted by Gasteiger charge is -2.57. The van der Waals surface area contributed by atoms with Crippen molar-refractivity contribution in [1.29, 1.82) is 0 Å². The van der Waals surface area contributed by atoms with Crippen molar-refractivity contribution in [2.24, 2.45) is 12.5 Å². The minimum Gasteiger partial charge on any atom is -0.318 e. The molecule has 0 radical (unpaired) electrons. The lowest BCUT2D eigenvalue weighted by molar-refractivity contribution is -0.197. The number of amides is 1. The number of rotatable bonds is 3. The Bertz CT molecular complexity index is 922. The highest BCUT2D eigenvalue weighted by atomic mass is 19.4. The van der Waals surface area contributed by atoms with Gasteiger partial charge in [0.1, 0.15) is 17.3 Å². The monoisotopic (exact) mass is 401 g/mol. The fourth-order valence-corrected chi connectivity index (χ4v) is 4.22. The minimum atomic E-state index is -4.76. The highest BCUT2D eigenvalue weighted by molar-refractivity contribution is 6.02. The van der Waals surface area contributed by atoms with Crippen LogP contribution in [0.2, 0.25) is 0 Å². The molecule has 150 valence electrons. The van der Waals surface area contributed by atoms with Crippen LogP contribution in [0.15, 0.2) is 18.5 Å². The number of alkyl halides is 5. The van der Waals surface area contributed by atoms with Gasteiger partial charge >= 0.3 is 6.18 Å². The molecular weight excluding hydrogens is 385 g/mol. The van der Waals surface area contributed by atoms with Gasteiger partial charge in [-0.05, 0) is 24.3 Å². The number of carbonyl (C=O) groups excluding carboxylic acids is 1. The summed E-state index contributed by atoms with van der Waals surface area (Å²) >= 11 is 0. The van der Waals surface area contributed by atoms with Crippen LogP contribution in [0.4, 0.5) is 27.8 Å². The molecule has 2 fully saturated rings. The molecule has 1 spiro atoms. The van der Waals surface area contributed by atoms with Gasteiger partial charge in [0.15, 0.2) is 0 Å². The summed E-state index contributed by atoms with van der Waals surface area (Å²) in [7, 11) is 1.65. The van der Waals surface area contributed by atoms with E-state index in [0.717, 1.165) is 12.3 Å². The number of hydrogen-bond donors (Lipinski definition) is 1. The summed E-state index contributed by atoms with van der Waals surface area (Å²) in [5.74, 6) is -3.85. The third kappa shape index (κ3) is 3.22. The Morgan fingerprint density at radius 2 is 1.93 bits per heavy atom. The van der Waals surface area contributed by atoms with Crippen LogP contribution < -0.4 is 5.32 Å². The molecule has 2 aliphatic carbocycles. The van der Waals surface area contributed by atoms with Crippen LogP contribution in [0.3, 0.4) is 0 Å². The number of carbonyl (C=O) groups is 1. The normalized spacial score (nSPS) is 20.5. The zero-order chi connectivity index (χ0) is 20.3. The van der Waals surface area contributed by atoms with Gasteiger partial charge in [0.05, 0.1) is 6.20 Å². The Kier molecular flexibility index (Phi) is 3.99. The molecule has 0 aromatic carbocycles. The van der Waals surface area contributed by atoms with Crippen LogP contribution in [0.5, 0.6) is 0 Å². The van der Waals surface area contributed by atoms with Crippen LogP contribution >= 0.6 is 0 Å². The van der Waals surface area contributed by atoms with E-state index in [9.17, 15) is 26.7 Å². The Hall–Kier alpha value is -2.59. The van der Waals surface area contributed by atoms with E-state index in [1.807, 2.05) is 0 Å². The number of imidazole rings is 1. The summed E-state index contributed by atoms with van der Waals surface area (Å²) in [6.45, 7) is 0. The largest absolute Gasteiger partial charge is 0.451 e. The Labute approximate surface area is 156 Å². The van der Waals surface area contributed by atoms with E-state index in [-0.39, 0.29) is 30.0 Å². The predicted molar refractivity (Wildman–Crippen MR) is 86.8 cm³/mol. The van der Waals surface area contributed by atoms with Gasteiger partial charge in [0, 0.05) is 32.0 Å². The molecule has 2 saturated carbocycles. The van der Waals surface area contributed by atoms with E-state index >= 15 is 0 Å². The van der Waals surface area contributed by atoms with E-state index in [1.54, 1.807) is 11.6 Å². The van der Waals surface area contributed by atoms with Gasteiger partial charge in [-0.25, -0.2) is 23.7 Å². The molecule has 1 amide bonds. The first-order valence-electron chi connectivity index (χ1n) is 8.59. The maximum absolute atomic E-state index is 13.1. The van der Waals surface area contributed by atoms with E-state index in [0.29, 0.717) is 18.7 Å². The second-order valence-electron chi connectivity index (χ2n) is 7.59. The molecular formula is C17H16F5N5O. The van der Waals surface area contributed by atoms with Crippen LogP contribution in [-0.2, 0) is 13.2 Å². The van der Waals surface area contributed by atoms with Crippen molar-refractivity contribution in [2.45, 2.75) is 43.7 Å². The van der Waals surface area contributed by atoms with Crippen molar-refractivity contribution in [3.63, 3.8) is 0 Å². The molecule has 4 rings (SSSR count). The fraction of sp³-hybridized carbons (Fsp3) is 0.529. The van der Waals surface area contributed by atoms with Crippen molar-refractivity contribution in [1.82, 2.24) is 19.5 Å². The summed E-state index contributed by atoms with van der Waals surface area (Å²) in [5, 5.41) is 2.47. The average molecular weight is 401 g/mol. The molecule has 11 heteroatoms. The van der Waals surface area contributed by atoms with E-state index < -0.39 is 29.5 Å². The first-order valence-corrected chi connectivity index (χ1v) is 8.59. The van der Waals surface area contributed by atoms with Crippen LogP contribution in [0, 0.1) is 5.41 Å². The number of nitrogens with zero attached hydrogens (tertiary/aromatic N) is 4. The summed E-state index contributed by atoms with van der Waals surface area (Å²) < 4.78 is 65.9. The van der Waals surface area contributed by atoms with Crippen LogP contribution in [0.25, 0.3) is 0 Å². The Balaban J connectivity index is 1.44. The van der Waals surface area contributed by atoms with Crippen molar-refractivity contribution in [3.05, 3.63) is 35.8 Å². The first-order chi connectivity index (χ1) is 13.0. The second kappa shape index (κ2) is 5.95. The molecule has 2 aromatic heterocycles. The number of aromatic nitrogens is 4. The summed E-state index contributed by atoms with van der Waals surface area (Å²) in [5.41, 5.74) is -0.734. The summed E-state index contributed by atoms with van der Waals surface area (Å²) in [6, 6.07) is 1.08. The number of anilines is 1. The maximum Gasteiger partial charge on any atom is 0.451 e. The second-order valence-corrected chi connectivity index (χ2v) is 7.59. The van der Waals surface area contributed by atoms with E-state index in [4.69, 9.17) is 0 Å². The smallest absolute Gasteiger partial charge is 0.318 e. The number of halogens is 5. The van der Waals surface area contributed by atoms with Crippen LogP contribution in [-0.4, -0.2) is 31.3 Å². The minimum absolute atomic E-state index is 0.0163. The predicted octanol–water partition coefficient (Wildman–Crippen LogP) is 3.77. The van der Waals surface area contributed by atoms with Crippen molar-refractivity contribution >= 4 is 11.7 Å². The SMILES string of the molecule is Cn1c(NC(=O)c2ccnc(C(F)(F)F)n2)cnc1C1CC2(C1)CC(F)(F)C2. The molecule has 6 nitrogen and oxygen atoms in total. The van der Waals surface area contributed by atoms with Gasteiger partial charge in [-0.2, -0.15) is 13.2 Å². The van der Waals surface area contributed by atoms with Gasteiger partial charge in [-0.1, -0.05) is 0 Å². The van der Waals surface area contributed by atoms with Crippen molar-refractivity contribution in [2.75, 3.05) is 5.32 Å². The quantitative estimate of drug-likeness (QED) is 0.795. The highest BCUT2D eigenvalue weighted by Crippen LogP contribution is 2.66. The molecule has 0 atom stereocenters. The van der Waals surface area contributed by atoms with Gasteiger partial charge in [0.2, 0.25) is 11.7 Å². The fourth-order valence-electron chi connectivity index (χ4n) is 4.22. The zero-order valence-electron chi connectivity index (χ0n) is 14.7. The zero-order valence-corrected chi connectivity index (χ0v) is 14.7. The lowest BCUT2D eigenvalue weighted by atomic mass is 9.50. The molecule has 2 aliphatic rings. The molecule has 0 unspecified atom stereocenters. The Morgan fingerprint density at radius 1 is 1.25 bits per heavy atom. The first kappa shape index (κ1) is 18.8. The summed E-state index contributed by atoms with van der Waals surface area (Å²) in [6.07, 6.45) is -1.47. The molecule has 0 saturated heterocycles. The number of hydrogen-bond acceptors (Lipinski definition) is 4. The third-order valence-electron chi connectivity index (χ3n) is 5.40. The molecule has 0 bridgehead atoms.